The van der Waals surface area contributed by atoms with Gasteiger partial charge in [0.25, 0.3) is 11.8 Å². The number of rotatable bonds is 6. The molecule has 5 heteroatoms. The van der Waals surface area contributed by atoms with E-state index in [2.05, 4.69) is 10.6 Å². The largest absolute Gasteiger partial charge is 0.345 e. The van der Waals surface area contributed by atoms with Crippen LogP contribution in [0, 0.1) is 12.8 Å². The van der Waals surface area contributed by atoms with Gasteiger partial charge in [-0.3, -0.25) is 9.59 Å². The first-order chi connectivity index (χ1) is 12.4. The van der Waals surface area contributed by atoms with Crippen molar-refractivity contribution in [2.45, 2.75) is 32.2 Å². The lowest BCUT2D eigenvalue weighted by atomic mass is 9.95. The van der Waals surface area contributed by atoms with Crippen LogP contribution in [0.1, 0.15) is 46.0 Å². The molecule has 0 aromatic heterocycles. The van der Waals surface area contributed by atoms with Crippen LogP contribution in [0.15, 0.2) is 48.5 Å². The number of anilines is 1. The molecule has 1 unspecified atom stereocenters. The number of carbonyl (C=O) groups is 2. The summed E-state index contributed by atoms with van der Waals surface area (Å²) in [5.41, 5.74) is 8.13. The second kappa shape index (κ2) is 7.30. The quantitative estimate of drug-likeness (QED) is 0.748. The maximum absolute atomic E-state index is 12.7. The first-order valence-corrected chi connectivity index (χ1v) is 8.92. The highest BCUT2D eigenvalue weighted by Gasteiger charge is 2.41. The number of benzene rings is 2. The summed E-state index contributed by atoms with van der Waals surface area (Å²) in [6.45, 7) is 4.30. The van der Waals surface area contributed by atoms with Gasteiger partial charge < -0.3 is 16.4 Å². The van der Waals surface area contributed by atoms with Crippen molar-refractivity contribution in [3.05, 3.63) is 65.2 Å². The Bertz CT molecular complexity index is 815. The van der Waals surface area contributed by atoms with Gasteiger partial charge in [0.05, 0.1) is 5.54 Å². The average molecular weight is 351 g/mol. The predicted octanol–water partition coefficient (Wildman–Crippen LogP) is 3.10. The molecular weight excluding hydrogens is 326 g/mol. The summed E-state index contributed by atoms with van der Waals surface area (Å²) < 4.78 is 0. The third-order valence-corrected chi connectivity index (χ3v) is 5.09. The number of aryl methyl sites for hydroxylation is 1. The minimum absolute atomic E-state index is 0.167. The molecule has 136 valence electrons. The SMILES string of the molecule is Cc1ccc(C(=O)NC(C)(CN)C2CC2)cc1NC(=O)c1ccccc1. The maximum atomic E-state index is 12.7. The smallest absolute Gasteiger partial charge is 0.255 e. The number of nitrogens with one attached hydrogen (secondary N) is 2. The van der Waals surface area contributed by atoms with Crippen molar-refractivity contribution >= 4 is 17.5 Å². The summed E-state index contributed by atoms with van der Waals surface area (Å²) in [6, 6.07) is 14.3. The van der Waals surface area contributed by atoms with E-state index in [0.29, 0.717) is 29.3 Å². The zero-order chi connectivity index (χ0) is 18.7. The Morgan fingerprint density at radius 3 is 2.38 bits per heavy atom. The van der Waals surface area contributed by atoms with Crippen molar-refractivity contribution < 1.29 is 9.59 Å². The molecule has 0 saturated heterocycles. The Hall–Kier alpha value is -2.66. The molecule has 0 heterocycles. The third kappa shape index (κ3) is 3.94. The molecule has 1 saturated carbocycles. The van der Waals surface area contributed by atoms with E-state index in [1.807, 2.05) is 38.1 Å². The van der Waals surface area contributed by atoms with Gasteiger partial charge in [0.1, 0.15) is 0 Å². The summed E-state index contributed by atoms with van der Waals surface area (Å²) in [4.78, 5) is 25.1. The summed E-state index contributed by atoms with van der Waals surface area (Å²) in [5, 5.41) is 5.97. The standard InChI is InChI=1S/C21H25N3O2/c1-14-8-9-16(20(26)24-21(2,13-22)17-10-11-17)12-18(14)23-19(25)15-6-4-3-5-7-15/h3-9,12,17H,10-11,13,22H2,1-2H3,(H,23,25)(H,24,26). The van der Waals surface area contributed by atoms with E-state index in [9.17, 15) is 9.59 Å². The van der Waals surface area contributed by atoms with Crippen molar-refractivity contribution in [1.82, 2.24) is 5.32 Å². The molecule has 0 aliphatic heterocycles. The van der Waals surface area contributed by atoms with E-state index < -0.39 is 0 Å². The van der Waals surface area contributed by atoms with E-state index in [1.54, 1.807) is 24.3 Å². The van der Waals surface area contributed by atoms with Gasteiger partial charge in [0, 0.05) is 23.4 Å². The van der Waals surface area contributed by atoms with Crippen molar-refractivity contribution in [2.75, 3.05) is 11.9 Å². The van der Waals surface area contributed by atoms with Gasteiger partial charge in [-0.05, 0) is 62.4 Å². The topological polar surface area (TPSA) is 84.2 Å². The summed E-state index contributed by atoms with van der Waals surface area (Å²) in [5.74, 6) is 0.0789. The maximum Gasteiger partial charge on any atom is 0.255 e. The molecule has 5 nitrogen and oxygen atoms in total. The highest BCUT2D eigenvalue weighted by Crippen LogP contribution is 2.39. The number of nitrogens with two attached hydrogens (primary N) is 1. The van der Waals surface area contributed by atoms with Gasteiger partial charge in [-0.1, -0.05) is 24.3 Å². The molecule has 1 aliphatic rings. The molecule has 4 N–H and O–H groups in total. The fraction of sp³-hybridized carbons (Fsp3) is 0.333. The summed E-state index contributed by atoms with van der Waals surface area (Å²) in [7, 11) is 0. The van der Waals surface area contributed by atoms with Crippen LogP contribution in [0.2, 0.25) is 0 Å². The molecule has 1 fully saturated rings. The van der Waals surface area contributed by atoms with Crippen LogP contribution in [0.3, 0.4) is 0 Å². The summed E-state index contributed by atoms with van der Waals surface area (Å²) >= 11 is 0. The van der Waals surface area contributed by atoms with Crippen LogP contribution in [-0.4, -0.2) is 23.9 Å². The minimum atomic E-state index is -0.380. The number of hydrogen-bond donors (Lipinski definition) is 3. The minimum Gasteiger partial charge on any atom is -0.345 e. The van der Waals surface area contributed by atoms with Crippen LogP contribution in [0.4, 0.5) is 5.69 Å². The van der Waals surface area contributed by atoms with E-state index in [0.717, 1.165) is 18.4 Å². The number of carbonyl (C=O) groups excluding carboxylic acids is 2. The molecular formula is C21H25N3O2. The van der Waals surface area contributed by atoms with Crippen LogP contribution in [0.25, 0.3) is 0 Å². The Kier molecular flexibility index (Phi) is 5.09. The number of amides is 2. The zero-order valence-electron chi connectivity index (χ0n) is 15.2. The lowest BCUT2D eigenvalue weighted by molar-refractivity contribution is 0.0897. The van der Waals surface area contributed by atoms with Crippen LogP contribution >= 0.6 is 0 Å². The second-order valence-corrected chi connectivity index (χ2v) is 7.20. The normalized spacial score (nSPS) is 15.8. The van der Waals surface area contributed by atoms with Crippen molar-refractivity contribution in [3.63, 3.8) is 0 Å². The van der Waals surface area contributed by atoms with Gasteiger partial charge >= 0.3 is 0 Å². The zero-order valence-corrected chi connectivity index (χ0v) is 15.2. The fourth-order valence-corrected chi connectivity index (χ4v) is 3.05. The molecule has 0 spiro atoms. The molecule has 0 bridgehead atoms. The van der Waals surface area contributed by atoms with Crippen LogP contribution < -0.4 is 16.4 Å². The van der Waals surface area contributed by atoms with E-state index in [4.69, 9.17) is 5.73 Å². The molecule has 1 aliphatic carbocycles. The first kappa shape index (κ1) is 18.1. The summed E-state index contributed by atoms with van der Waals surface area (Å²) in [6.07, 6.45) is 2.19. The van der Waals surface area contributed by atoms with E-state index in [1.165, 1.54) is 0 Å². The van der Waals surface area contributed by atoms with E-state index in [-0.39, 0.29) is 17.4 Å². The first-order valence-electron chi connectivity index (χ1n) is 8.92. The Morgan fingerprint density at radius 1 is 1.08 bits per heavy atom. The van der Waals surface area contributed by atoms with Gasteiger partial charge in [-0.2, -0.15) is 0 Å². The van der Waals surface area contributed by atoms with Crippen LogP contribution in [0.5, 0.6) is 0 Å². The molecule has 2 amide bonds. The third-order valence-electron chi connectivity index (χ3n) is 5.09. The molecule has 2 aromatic carbocycles. The highest BCUT2D eigenvalue weighted by atomic mass is 16.2. The average Bonchev–Trinajstić information content (AvgIpc) is 3.49. The molecule has 26 heavy (non-hydrogen) atoms. The van der Waals surface area contributed by atoms with Crippen molar-refractivity contribution in [2.24, 2.45) is 11.7 Å². The van der Waals surface area contributed by atoms with Gasteiger partial charge in [0.15, 0.2) is 0 Å². The number of hydrogen-bond acceptors (Lipinski definition) is 3. The molecule has 1 atom stereocenters. The lowest BCUT2D eigenvalue weighted by Gasteiger charge is -2.29. The fourth-order valence-electron chi connectivity index (χ4n) is 3.05. The molecule has 2 aromatic rings. The van der Waals surface area contributed by atoms with Gasteiger partial charge in [-0.25, -0.2) is 0 Å². The van der Waals surface area contributed by atoms with E-state index >= 15 is 0 Å². The van der Waals surface area contributed by atoms with Crippen LogP contribution in [-0.2, 0) is 0 Å². The van der Waals surface area contributed by atoms with Crippen molar-refractivity contribution in [1.29, 1.82) is 0 Å². The predicted molar refractivity (Wildman–Crippen MR) is 103 cm³/mol. The Morgan fingerprint density at radius 2 is 1.77 bits per heavy atom. The molecule has 0 radical (unpaired) electrons. The van der Waals surface area contributed by atoms with Gasteiger partial charge in [0.2, 0.25) is 0 Å². The van der Waals surface area contributed by atoms with Gasteiger partial charge in [-0.15, -0.1) is 0 Å². The second-order valence-electron chi connectivity index (χ2n) is 7.20. The highest BCUT2D eigenvalue weighted by molar-refractivity contribution is 6.05. The Balaban J connectivity index is 1.77. The monoisotopic (exact) mass is 351 g/mol. The Labute approximate surface area is 154 Å². The van der Waals surface area contributed by atoms with Crippen molar-refractivity contribution in [3.8, 4) is 0 Å². The lowest BCUT2D eigenvalue weighted by Crippen LogP contribution is -2.53. The molecule has 3 rings (SSSR count).